The van der Waals surface area contributed by atoms with Gasteiger partial charge in [-0.2, -0.15) is 5.26 Å². The fourth-order valence-electron chi connectivity index (χ4n) is 3.85. The van der Waals surface area contributed by atoms with E-state index in [0.717, 1.165) is 43.4 Å². The van der Waals surface area contributed by atoms with Gasteiger partial charge >= 0.3 is 0 Å². The summed E-state index contributed by atoms with van der Waals surface area (Å²) in [6.07, 6.45) is 10.7. The maximum Gasteiger partial charge on any atom is 0.168 e. The Morgan fingerprint density at radius 1 is 1.17 bits per heavy atom. The van der Waals surface area contributed by atoms with Crippen LogP contribution in [0.15, 0.2) is 59.7 Å². The molecule has 4 rings (SSSR count). The number of benzene rings is 2. The minimum atomic E-state index is -0.822. The van der Waals surface area contributed by atoms with Crippen LogP contribution in [0.5, 0.6) is 11.5 Å². The molecule has 1 fully saturated rings. The molecule has 1 N–H and O–H groups in total. The van der Waals surface area contributed by atoms with Crippen molar-refractivity contribution in [2.45, 2.75) is 31.8 Å². The second-order valence-corrected chi connectivity index (χ2v) is 7.99. The Balaban J connectivity index is 1.56. The van der Waals surface area contributed by atoms with Gasteiger partial charge in [-0.1, -0.05) is 12.1 Å². The first-order valence-corrected chi connectivity index (χ1v) is 11.2. The normalized spacial score (nSPS) is 13.9. The van der Waals surface area contributed by atoms with Gasteiger partial charge in [0, 0.05) is 24.0 Å². The van der Waals surface area contributed by atoms with Crippen LogP contribution < -0.4 is 14.8 Å². The molecule has 35 heavy (non-hydrogen) atoms. The van der Waals surface area contributed by atoms with E-state index >= 15 is 0 Å². The predicted octanol–water partition coefficient (Wildman–Crippen LogP) is 6.72. The Morgan fingerprint density at radius 2 is 2.00 bits per heavy atom. The molecule has 8 heteroatoms. The van der Waals surface area contributed by atoms with E-state index in [0.29, 0.717) is 22.9 Å². The Bertz CT molecular complexity index is 1280. The van der Waals surface area contributed by atoms with Crippen molar-refractivity contribution in [2.75, 3.05) is 12.4 Å². The number of nitrogens with zero attached hydrogens (tertiary/aromatic N) is 3. The highest BCUT2D eigenvalue weighted by Gasteiger charge is 2.20. The van der Waals surface area contributed by atoms with Crippen molar-refractivity contribution >= 4 is 29.5 Å². The van der Waals surface area contributed by atoms with E-state index in [1.165, 1.54) is 12.4 Å². The van der Waals surface area contributed by atoms with Gasteiger partial charge in [0.15, 0.2) is 17.3 Å². The van der Waals surface area contributed by atoms with Gasteiger partial charge in [0.2, 0.25) is 0 Å². The summed E-state index contributed by atoms with van der Waals surface area (Å²) in [6.45, 7) is 0. The van der Waals surface area contributed by atoms with Crippen molar-refractivity contribution in [3.63, 3.8) is 0 Å². The average molecular weight is 475 g/mol. The minimum Gasteiger partial charge on any atom is -0.493 e. The molecule has 1 aliphatic carbocycles. The number of anilines is 2. The number of hydrogen-bond acceptors (Lipinski definition) is 6. The molecule has 6 nitrogen and oxygen atoms in total. The van der Waals surface area contributed by atoms with Crippen molar-refractivity contribution in [2.24, 2.45) is 4.99 Å². The topological polar surface area (TPSA) is 79.5 Å². The maximum atomic E-state index is 14.6. The van der Waals surface area contributed by atoms with E-state index in [4.69, 9.17) is 14.7 Å². The predicted molar refractivity (Wildman–Crippen MR) is 132 cm³/mol. The molecule has 3 aromatic rings. The summed E-state index contributed by atoms with van der Waals surface area (Å²) >= 11 is 0. The smallest absolute Gasteiger partial charge is 0.168 e. The van der Waals surface area contributed by atoms with Crippen LogP contribution >= 0.6 is 0 Å². The summed E-state index contributed by atoms with van der Waals surface area (Å²) < 4.78 is 40.1. The van der Waals surface area contributed by atoms with Crippen LogP contribution in [-0.2, 0) is 0 Å². The van der Waals surface area contributed by atoms with Gasteiger partial charge in [-0.3, -0.25) is 4.99 Å². The molecule has 0 unspecified atom stereocenters. The third-order valence-electron chi connectivity index (χ3n) is 5.56. The zero-order chi connectivity index (χ0) is 24.6. The van der Waals surface area contributed by atoms with E-state index in [1.54, 1.807) is 31.4 Å². The third-order valence-corrected chi connectivity index (χ3v) is 5.56. The standard InChI is InChI=1S/C27H24F2N4O2/c1-34-24-10-4-6-19(27(24)35-21-8-2-3-9-21)7-5-13-31-26-22(29)14-20(28)15-23(26)33-25-12-11-18(16-30)17-32-25/h4-7,10-15,17,21H,2-3,8-9H2,1H3,(H,32,33). The summed E-state index contributed by atoms with van der Waals surface area (Å²) in [5.74, 6) is 0.0532. The lowest BCUT2D eigenvalue weighted by molar-refractivity contribution is 0.200. The number of methoxy groups -OCH3 is 1. The average Bonchev–Trinajstić information content (AvgIpc) is 3.37. The summed E-state index contributed by atoms with van der Waals surface area (Å²) in [5.41, 5.74) is 1.21. The van der Waals surface area contributed by atoms with Gasteiger partial charge < -0.3 is 14.8 Å². The number of nitrogens with one attached hydrogen (secondary N) is 1. The van der Waals surface area contributed by atoms with Crippen LogP contribution in [0.25, 0.3) is 6.08 Å². The SMILES string of the molecule is COc1cccc(C=CC=Nc2c(F)cc(F)cc2Nc2ccc(C#N)cn2)c1OC1CCCC1. The molecule has 0 saturated heterocycles. The van der Waals surface area contributed by atoms with Gasteiger partial charge in [-0.15, -0.1) is 0 Å². The quantitative estimate of drug-likeness (QED) is 0.367. The number of aromatic nitrogens is 1. The molecule has 0 bridgehead atoms. The fourth-order valence-corrected chi connectivity index (χ4v) is 3.85. The molecule has 0 spiro atoms. The Hall–Kier alpha value is -4.25. The summed E-state index contributed by atoms with van der Waals surface area (Å²) in [4.78, 5) is 8.28. The molecule has 178 valence electrons. The Kier molecular flexibility index (Phi) is 7.68. The van der Waals surface area contributed by atoms with Gasteiger partial charge in [0.1, 0.15) is 23.4 Å². The number of halogens is 2. The second kappa shape index (κ2) is 11.3. The molecule has 0 aliphatic heterocycles. The fraction of sp³-hybridized carbons (Fsp3) is 0.222. The minimum absolute atomic E-state index is 0.0738. The number of allylic oxidation sites excluding steroid dienone is 1. The van der Waals surface area contributed by atoms with Crippen molar-refractivity contribution in [1.82, 2.24) is 4.98 Å². The molecule has 0 radical (unpaired) electrons. The Morgan fingerprint density at radius 3 is 2.71 bits per heavy atom. The number of pyridine rings is 1. The first-order chi connectivity index (χ1) is 17.1. The van der Waals surface area contributed by atoms with E-state index in [2.05, 4.69) is 15.3 Å². The number of nitriles is 1. The lowest BCUT2D eigenvalue weighted by Gasteiger charge is -2.17. The van der Waals surface area contributed by atoms with E-state index < -0.39 is 11.6 Å². The van der Waals surface area contributed by atoms with Gasteiger partial charge in [-0.05, 0) is 62.1 Å². The van der Waals surface area contributed by atoms with Gasteiger partial charge in [0.05, 0.1) is 24.5 Å². The molecule has 1 aromatic heterocycles. The molecular weight excluding hydrogens is 450 g/mol. The lowest BCUT2D eigenvalue weighted by Crippen LogP contribution is -2.12. The van der Waals surface area contributed by atoms with Crippen LogP contribution in [0.2, 0.25) is 0 Å². The molecule has 0 atom stereocenters. The van der Waals surface area contributed by atoms with Crippen molar-refractivity contribution in [3.8, 4) is 17.6 Å². The first-order valence-electron chi connectivity index (χ1n) is 11.2. The van der Waals surface area contributed by atoms with E-state index in [-0.39, 0.29) is 17.5 Å². The molecule has 1 aliphatic rings. The summed E-state index contributed by atoms with van der Waals surface area (Å²) in [5, 5.41) is 11.8. The largest absolute Gasteiger partial charge is 0.493 e. The molecular formula is C27H24F2N4O2. The van der Waals surface area contributed by atoms with Crippen LogP contribution in [-0.4, -0.2) is 24.4 Å². The van der Waals surface area contributed by atoms with Gasteiger partial charge in [-0.25, -0.2) is 13.8 Å². The van der Waals surface area contributed by atoms with E-state index in [9.17, 15) is 8.78 Å². The number of rotatable bonds is 8. The lowest BCUT2D eigenvalue weighted by atomic mass is 10.1. The third kappa shape index (κ3) is 6.01. The van der Waals surface area contributed by atoms with Crippen LogP contribution in [0, 0.1) is 23.0 Å². The highest BCUT2D eigenvalue weighted by Crippen LogP contribution is 2.36. The van der Waals surface area contributed by atoms with E-state index in [1.807, 2.05) is 24.3 Å². The molecule has 0 amide bonds. The maximum absolute atomic E-state index is 14.6. The highest BCUT2D eigenvalue weighted by molar-refractivity contribution is 5.84. The number of hydrogen-bond donors (Lipinski definition) is 1. The zero-order valence-corrected chi connectivity index (χ0v) is 19.2. The monoisotopic (exact) mass is 474 g/mol. The second-order valence-electron chi connectivity index (χ2n) is 7.99. The highest BCUT2D eigenvalue weighted by atomic mass is 19.1. The van der Waals surface area contributed by atoms with Crippen molar-refractivity contribution in [1.29, 1.82) is 5.26 Å². The van der Waals surface area contributed by atoms with Crippen molar-refractivity contribution < 1.29 is 18.3 Å². The zero-order valence-electron chi connectivity index (χ0n) is 19.2. The summed E-state index contributed by atoms with van der Waals surface area (Å²) in [7, 11) is 1.60. The Labute approximate surface area is 202 Å². The molecule has 1 heterocycles. The van der Waals surface area contributed by atoms with Crippen molar-refractivity contribution in [3.05, 3.63) is 77.5 Å². The van der Waals surface area contributed by atoms with Crippen LogP contribution in [0.3, 0.4) is 0 Å². The van der Waals surface area contributed by atoms with Crippen LogP contribution in [0.1, 0.15) is 36.8 Å². The number of para-hydroxylation sites is 1. The van der Waals surface area contributed by atoms with Gasteiger partial charge in [0.25, 0.3) is 0 Å². The van der Waals surface area contributed by atoms with Crippen LogP contribution in [0.4, 0.5) is 26.0 Å². The number of ether oxygens (including phenoxy) is 2. The summed E-state index contributed by atoms with van der Waals surface area (Å²) in [6, 6.07) is 12.6. The first kappa shape index (κ1) is 23.9. The number of aliphatic imine (C=N–C) groups is 1. The molecule has 2 aromatic carbocycles. The molecule has 1 saturated carbocycles.